The van der Waals surface area contributed by atoms with Gasteiger partial charge in [0.05, 0.1) is 10.8 Å². The van der Waals surface area contributed by atoms with Gasteiger partial charge in [-0.1, -0.05) is 146 Å². The van der Waals surface area contributed by atoms with E-state index in [1.54, 1.807) is 0 Å². The molecule has 0 unspecified atom stereocenters. The molecule has 2 heterocycles. The van der Waals surface area contributed by atoms with Gasteiger partial charge < -0.3 is 4.42 Å². The minimum absolute atomic E-state index is 0.495. The Morgan fingerprint density at radius 3 is 1.71 bits per heavy atom. The second-order valence-electron chi connectivity index (χ2n) is 14.4. The molecule has 0 bridgehead atoms. The number of aromatic nitrogens is 3. The Morgan fingerprint density at radius 2 is 0.964 bits per heavy atom. The molecule has 2 aromatic heterocycles. The maximum absolute atomic E-state index is 5.22. The molecular formula is C52H34N3O+. The van der Waals surface area contributed by atoms with E-state index < -0.39 is 0 Å². The second-order valence-corrected chi connectivity index (χ2v) is 14.4. The molecule has 0 fully saturated rings. The molecule has 0 amide bonds. The molecule has 0 saturated heterocycles. The Balaban J connectivity index is 1.04. The van der Waals surface area contributed by atoms with Crippen molar-refractivity contribution in [1.82, 2.24) is 15.0 Å². The maximum atomic E-state index is 5.22. The Kier molecular flexibility index (Phi) is 7.52. The molecule has 56 heavy (non-hydrogen) atoms. The first-order valence-electron chi connectivity index (χ1n) is 19.0. The summed E-state index contributed by atoms with van der Waals surface area (Å²) in [5.74, 6) is 2.35. The third-order valence-electron chi connectivity index (χ3n) is 10.9. The molecule has 0 saturated carbocycles. The molecule has 1 N–H and O–H groups in total. The lowest BCUT2D eigenvalue weighted by Gasteiger charge is -2.11. The van der Waals surface area contributed by atoms with Gasteiger partial charge in [-0.15, -0.1) is 0 Å². The van der Waals surface area contributed by atoms with Gasteiger partial charge in [0, 0.05) is 34.7 Å². The molecule has 9 aromatic rings. The van der Waals surface area contributed by atoms with Crippen molar-refractivity contribution in [3.05, 3.63) is 205 Å². The SMILES string of the molecule is C1=C[C@@H]2C=C2C(c2cccc(-c3ccc4[oH+]c5cccc(-c6nc(-c7ccccc7)nc(-c7cccc(-c8cccc(-c9ccccc9)c8)c7)n6)c5c4c3)c2)=C1. The van der Waals surface area contributed by atoms with Gasteiger partial charge in [0.1, 0.15) is 0 Å². The van der Waals surface area contributed by atoms with E-state index in [2.05, 4.69) is 164 Å². The van der Waals surface area contributed by atoms with Crippen molar-refractivity contribution >= 4 is 27.5 Å². The summed E-state index contributed by atoms with van der Waals surface area (Å²) in [5, 5.41) is 2.11. The van der Waals surface area contributed by atoms with Gasteiger partial charge in [-0.25, -0.2) is 15.0 Å². The Bertz CT molecular complexity index is 3080. The summed E-state index contributed by atoms with van der Waals surface area (Å²) in [7, 11) is 0. The van der Waals surface area contributed by atoms with Gasteiger partial charge in [-0.2, -0.15) is 0 Å². The standard InChI is InChI=1S/C52H33N3O/c1-3-12-33(13-4-1)35-16-7-17-36(28-35)38-19-9-22-42(30-38)51-53-50(34-14-5-2-6-15-34)54-52(55-51)44-24-11-25-48-49(44)46-31-39(26-27-47(46)56-48)37-18-8-20-40(29-37)43-23-10-21-41-32-45(41)43/h1-32,41H/p+1/t41-/m1/s1. The van der Waals surface area contributed by atoms with E-state index in [0.29, 0.717) is 23.4 Å². The van der Waals surface area contributed by atoms with E-state index in [9.17, 15) is 0 Å². The topological polar surface area (TPSA) is 51.5 Å². The predicted molar refractivity (Wildman–Crippen MR) is 230 cm³/mol. The van der Waals surface area contributed by atoms with Crippen LogP contribution < -0.4 is 0 Å². The first-order valence-corrected chi connectivity index (χ1v) is 19.0. The maximum Gasteiger partial charge on any atom is 0.269 e. The lowest BCUT2D eigenvalue weighted by Crippen LogP contribution is -2.00. The van der Waals surface area contributed by atoms with Crippen LogP contribution in [0.3, 0.4) is 0 Å². The van der Waals surface area contributed by atoms with Crippen molar-refractivity contribution in [3.8, 4) is 67.5 Å². The molecule has 0 radical (unpaired) electrons. The van der Waals surface area contributed by atoms with E-state index in [-0.39, 0.29) is 0 Å². The summed E-state index contributed by atoms with van der Waals surface area (Å²) < 4.78 is 5.08. The summed E-state index contributed by atoms with van der Waals surface area (Å²) in [6.07, 6.45) is 8.98. The van der Waals surface area contributed by atoms with Crippen LogP contribution in [-0.4, -0.2) is 15.0 Å². The number of hydrogen-bond acceptors (Lipinski definition) is 3. The van der Waals surface area contributed by atoms with Crippen LogP contribution in [-0.2, 0) is 0 Å². The summed E-state index contributed by atoms with van der Waals surface area (Å²) in [6, 6.07) is 59.5. The van der Waals surface area contributed by atoms with Gasteiger partial charge in [0.25, 0.3) is 11.2 Å². The molecule has 2 aliphatic rings. The smallest absolute Gasteiger partial charge is 0.269 e. The highest BCUT2D eigenvalue weighted by Gasteiger charge is 2.28. The molecule has 2 aliphatic carbocycles. The Hall–Kier alpha value is -7.43. The van der Waals surface area contributed by atoms with Gasteiger partial charge in [-0.3, -0.25) is 0 Å². The van der Waals surface area contributed by atoms with Crippen molar-refractivity contribution < 1.29 is 4.42 Å². The molecule has 0 spiro atoms. The summed E-state index contributed by atoms with van der Waals surface area (Å²) in [6.45, 7) is 0. The molecule has 4 heteroatoms. The number of rotatable bonds is 7. The molecule has 11 rings (SSSR count). The zero-order valence-electron chi connectivity index (χ0n) is 30.3. The number of nitrogens with zero attached hydrogens (tertiary/aromatic N) is 3. The molecule has 7 aromatic carbocycles. The van der Waals surface area contributed by atoms with Crippen molar-refractivity contribution in [1.29, 1.82) is 0 Å². The van der Waals surface area contributed by atoms with Crippen LogP contribution in [0, 0.1) is 5.92 Å². The normalized spacial score (nSPS) is 14.4. The van der Waals surface area contributed by atoms with Crippen molar-refractivity contribution in [2.45, 2.75) is 0 Å². The average molecular weight is 717 g/mol. The number of hydrogen-bond donors (Lipinski definition) is 0. The summed E-state index contributed by atoms with van der Waals surface area (Å²) >= 11 is 0. The highest BCUT2D eigenvalue weighted by atomic mass is 16.3. The zero-order chi connectivity index (χ0) is 37.0. The molecule has 0 aliphatic heterocycles. The average Bonchev–Trinajstić information content (AvgIpc) is 3.99. The van der Waals surface area contributed by atoms with Gasteiger partial charge in [0.2, 0.25) is 0 Å². The second kappa shape index (κ2) is 13.2. The summed E-state index contributed by atoms with van der Waals surface area (Å²) in [5.41, 5.74) is 15.5. The highest BCUT2D eigenvalue weighted by Crippen LogP contribution is 2.45. The van der Waals surface area contributed by atoms with Gasteiger partial charge in [-0.05, 0) is 86.5 Å². The van der Waals surface area contributed by atoms with Crippen LogP contribution in [0.2, 0.25) is 0 Å². The highest BCUT2D eigenvalue weighted by molar-refractivity contribution is 6.13. The molecular weight excluding hydrogens is 683 g/mol. The summed E-state index contributed by atoms with van der Waals surface area (Å²) in [4.78, 5) is 15.5. The molecule has 1 atom stereocenters. The van der Waals surface area contributed by atoms with Crippen molar-refractivity contribution in [2.24, 2.45) is 5.92 Å². The fourth-order valence-electron chi connectivity index (χ4n) is 8.01. The number of furan rings is 1. The lowest BCUT2D eigenvalue weighted by molar-refractivity contribution is 0.669. The quantitative estimate of drug-likeness (QED) is 0.154. The minimum Gasteiger partial charge on any atom is -0.545 e. The molecule has 262 valence electrons. The number of fused-ring (bicyclic) bond motifs is 4. The number of allylic oxidation sites excluding steroid dienone is 6. The first kappa shape index (κ1) is 32.0. The third-order valence-corrected chi connectivity index (χ3v) is 10.9. The van der Waals surface area contributed by atoms with E-state index in [0.717, 1.165) is 55.3 Å². The predicted octanol–water partition coefficient (Wildman–Crippen LogP) is 13.4. The minimum atomic E-state index is 0.495. The van der Waals surface area contributed by atoms with E-state index in [4.69, 9.17) is 19.4 Å². The van der Waals surface area contributed by atoms with Crippen molar-refractivity contribution in [3.63, 3.8) is 0 Å². The van der Waals surface area contributed by atoms with Gasteiger partial charge in [0.15, 0.2) is 17.5 Å². The lowest BCUT2D eigenvalue weighted by atomic mass is 9.94. The monoisotopic (exact) mass is 716 g/mol. The van der Waals surface area contributed by atoms with Crippen LogP contribution in [0.15, 0.2) is 204 Å². The first-order chi connectivity index (χ1) is 27.7. The van der Waals surface area contributed by atoms with Crippen molar-refractivity contribution in [2.75, 3.05) is 0 Å². The van der Waals surface area contributed by atoms with Crippen LogP contribution >= 0.6 is 0 Å². The Labute approximate surface area is 324 Å². The fraction of sp³-hybridized carbons (Fsp3) is 0.0192. The van der Waals surface area contributed by atoms with E-state index >= 15 is 0 Å². The fourth-order valence-corrected chi connectivity index (χ4v) is 8.01. The Morgan fingerprint density at radius 1 is 0.411 bits per heavy atom. The number of benzene rings is 7. The van der Waals surface area contributed by atoms with E-state index in [1.807, 2.05) is 30.3 Å². The van der Waals surface area contributed by atoms with E-state index in [1.165, 1.54) is 33.4 Å². The molecule has 4 nitrogen and oxygen atoms in total. The van der Waals surface area contributed by atoms with Gasteiger partial charge >= 0.3 is 0 Å². The largest absolute Gasteiger partial charge is 0.545 e. The van der Waals surface area contributed by atoms with Crippen LogP contribution in [0.4, 0.5) is 0 Å². The van der Waals surface area contributed by atoms with Crippen LogP contribution in [0.5, 0.6) is 0 Å². The zero-order valence-corrected chi connectivity index (χ0v) is 30.3. The van der Waals surface area contributed by atoms with Crippen LogP contribution in [0.1, 0.15) is 5.56 Å². The van der Waals surface area contributed by atoms with Crippen LogP contribution in [0.25, 0.3) is 95.1 Å². The third kappa shape index (κ3) is 5.76.